The van der Waals surface area contributed by atoms with Crippen LogP contribution in [0, 0.1) is 0 Å². The normalized spacial score (nSPS) is 20.3. The van der Waals surface area contributed by atoms with Crippen molar-refractivity contribution in [2.45, 2.75) is 13.8 Å². The predicted octanol–water partition coefficient (Wildman–Crippen LogP) is 5.40. The van der Waals surface area contributed by atoms with Crippen LogP contribution in [0.1, 0.15) is 29.5 Å². The molecule has 2 aliphatic rings. The van der Waals surface area contributed by atoms with Gasteiger partial charge in [0, 0.05) is 0 Å². The third-order valence-corrected chi connectivity index (χ3v) is 28.6. The van der Waals surface area contributed by atoms with Crippen LogP contribution in [0.15, 0.2) is 91.0 Å². The Morgan fingerprint density at radius 2 is 1.11 bits per heavy atom. The zero-order valence-electron chi connectivity index (χ0n) is 15.5. The fourth-order valence-corrected chi connectivity index (χ4v) is 28.2. The molecule has 0 nitrogen and oxygen atoms in total. The zero-order valence-corrected chi connectivity index (χ0v) is 19.2. The maximum atomic E-state index is 2.63. The quantitative estimate of drug-likeness (QED) is 0.475. The third-order valence-electron chi connectivity index (χ3n) is 6.12. The monoisotopic (exact) mass is 441 g/mol. The number of fused-ring (bicyclic) bond motifs is 2. The van der Waals surface area contributed by atoms with Crippen LogP contribution in [-0.4, -0.2) is 5.92 Å². The number of hydrogen-bond donors (Lipinski definition) is 0. The number of allylic oxidation sites excluding steroid dienone is 2. The van der Waals surface area contributed by atoms with Gasteiger partial charge in [-0.3, -0.25) is 0 Å². The van der Waals surface area contributed by atoms with Crippen molar-refractivity contribution in [2.24, 2.45) is 0 Å². The minimum atomic E-state index is -1.92. The Bertz CT molecular complexity index is 960. The van der Waals surface area contributed by atoms with Crippen LogP contribution in [-0.2, 0) is 20.9 Å². The first-order valence-corrected chi connectivity index (χ1v) is 19.2. The Hall–Kier alpha value is -1.76. The summed E-state index contributed by atoms with van der Waals surface area (Å²) < 4.78 is 1.40. The Morgan fingerprint density at radius 1 is 0.630 bits per heavy atom. The second-order valence-corrected chi connectivity index (χ2v) is 25.5. The van der Waals surface area contributed by atoms with Crippen molar-refractivity contribution in [3.63, 3.8) is 0 Å². The molecule has 131 valence electrons. The van der Waals surface area contributed by atoms with Crippen LogP contribution >= 0.6 is 0 Å². The van der Waals surface area contributed by atoms with Crippen LogP contribution in [0.25, 0.3) is 12.2 Å². The molecule has 0 heterocycles. The molecule has 0 saturated heterocycles. The first-order chi connectivity index (χ1) is 13.3. The van der Waals surface area contributed by atoms with Gasteiger partial charge in [0.1, 0.15) is 0 Å². The van der Waals surface area contributed by atoms with Crippen molar-refractivity contribution >= 4 is 23.3 Å². The van der Waals surface area contributed by atoms with Gasteiger partial charge in [-0.25, -0.2) is 0 Å². The van der Waals surface area contributed by atoms with E-state index in [-0.39, 0.29) is 0 Å². The van der Waals surface area contributed by atoms with Crippen LogP contribution in [0.4, 0.5) is 0 Å². The molecule has 5 rings (SSSR count). The van der Waals surface area contributed by atoms with Crippen LogP contribution in [0.3, 0.4) is 0 Å². The molecule has 0 aromatic heterocycles. The van der Waals surface area contributed by atoms with E-state index in [1.807, 2.05) is 0 Å². The zero-order chi connectivity index (χ0) is 18.2. The van der Waals surface area contributed by atoms with E-state index in [2.05, 4.69) is 110 Å². The summed E-state index contributed by atoms with van der Waals surface area (Å²) in [6, 6.07) is 29.6. The average molecular weight is 443 g/mol. The number of benzene rings is 3. The molecule has 0 aliphatic heterocycles. The van der Waals surface area contributed by atoms with E-state index in [9.17, 15) is 0 Å². The molecule has 27 heavy (non-hydrogen) atoms. The van der Waals surface area contributed by atoms with E-state index in [4.69, 9.17) is 0 Å². The minimum absolute atomic E-state index is 0.700. The first-order valence-electron chi connectivity index (χ1n) is 9.79. The fourth-order valence-electron chi connectivity index (χ4n) is 4.75. The van der Waals surface area contributed by atoms with Gasteiger partial charge < -0.3 is 0 Å². The van der Waals surface area contributed by atoms with Gasteiger partial charge >= 0.3 is 171 Å². The molecule has 2 aliphatic carbocycles. The molecule has 3 aromatic rings. The van der Waals surface area contributed by atoms with E-state index in [0.717, 1.165) is 0 Å². The third kappa shape index (κ3) is 3.10. The maximum absolute atomic E-state index is 2.63. The average Bonchev–Trinajstić information content (AvgIpc) is 3.34. The van der Waals surface area contributed by atoms with Gasteiger partial charge in [-0.2, -0.15) is 0 Å². The first kappa shape index (κ1) is 17.3. The molecule has 0 N–H and O–H groups in total. The SMILES string of the molecule is C[SiH](c1ccccc1)[Zr]([CH]1C=Cc2ccccc21)[CH]1C=Cc2ccccc21. The summed E-state index contributed by atoms with van der Waals surface area (Å²) in [6.45, 7) is 2.63. The van der Waals surface area contributed by atoms with Crippen molar-refractivity contribution < 1.29 is 20.9 Å². The Morgan fingerprint density at radius 3 is 1.67 bits per heavy atom. The molecule has 0 bridgehead atoms. The fraction of sp³-hybridized carbons (Fsp3) is 0.120. The number of rotatable bonds is 4. The van der Waals surface area contributed by atoms with Gasteiger partial charge in [0.25, 0.3) is 0 Å². The summed E-state index contributed by atoms with van der Waals surface area (Å²) in [5, 5.41) is 1.66. The Kier molecular flexibility index (Phi) is 4.71. The van der Waals surface area contributed by atoms with Crippen molar-refractivity contribution in [1.82, 2.24) is 0 Å². The molecule has 0 saturated carbocycles. The van der Waals surface area contributed by atoms with E-state index in [1.165, 1.54) is 11.1 Å². The molecule has 3 atom stereocenters. The summed E-state index contributed by atoms with van der Waals surface area (Å²) in [4.78, 5) is 0. The van der Waals surface area contributed by atoms with Crippen molar-refractivity contribution in [2.75, 3.05) is 0 Å². The summed E-state index contributed by atoms with van der Waals surface area (Å²) in [5.41, 5.74) is 6.09. The van der Waals surface area contributed by atoms with Gasteiger partial charge in [-0.15, -0.1) is 0 Å². The van der Waals surface area contributed by atoms with Gasteiger partial charge in [-0.1, -0.05) is 0 Å². The molecular weight excluding hydrogens is 420 g/mol. The van der Waals surface area contributed by atoms with Gasteiger partial charge in [0.05, 0.1) is 0 Å². The topological polar surface area (TPSA) is 0 Å². The number of hydrogen-bond acceptors (Lipinski definition) is 0. The summed E-state index contributed by atoms with van der Waals surface area (Å²) in [6.07, 6.45) is 9.88. The summed E-state index contributed by atoms with van der Waals surface area (Å²) in [7, 11) is 0. The molecule has 2 heteroatoms. The molecule has 3 aromatic carbocycles. The Balaban J connectivity index is 1.62. The van der Waals surface area contributed by atoms with E-state index >= 15 is 0 Å². The van der Waals surface area contributed by atoms with Crippen LogP contribution < -0.4 is 5.19 Å². The van der Waals surface area contributed by atoms with E-state index < -0.39 is 26.8 Å². The molecular formula is C25H23SiZr. The molecule has 3 unspecified atom stereocenters. The van der Waals surface area contributed by atoms with Crippen molar-refractivity contribution in [3.8, 4) is 0 Å². The predicted molar refractivity (Wildman–Crippen MR) is 116 cm³/mol. The Labute approximate surface area is 170 Å². The van der Waals surface area contributed by atoms with Crippen molar-refractivity contribution in [1.29, 1.82) is 0 Å². The van der Waals surface area contributed by atoms with E-state index in [1.54, 1.807) is 16.3 Å². The summed E-state index contributed by atoms with van der Waals surface area (Å²) in [5.74, 6) is -1.01. The summed E-state index contributed by atoms with van der Waals surface area (Å²) >= 11 is -1.92. The van der Waals surface area contributed by atoms with Crippen LogP contribution in [0.5, 0.6) is 0 Å². The second kappa shape index (κ2) is 7.34. The standard InChI is InChI=1S/2C9H7.C7H9Si.Zr/c2*1-2-5-9-7-3-6-8(9)4-1;1-8-7-5-3-2-4-6-7;/h2*1-7H;2-6,8H,1H3;. The second-order valence-electron chi connectivity index (χ2n) is 7.56. The van der Waals surface area contributed by atoms with Crippen molar-refractivity contribution in [3.05, 3.63) is 113 Å². The molecule has 0 radical (unpaired) electrons. The van der Waals surface area contributed by atoms with Crippen LogP contribution in [0.2, 0.25) is 6.55 Å². The van der Waals surface area contributed by atoms with E-state index in [0.29, 0.717) is 7.25 Å². The molecule has 0 fully saturated rings. The molecule has 0 amide bonds. The van der Waals surface area contributed by atoms with Gasteiger partial charge in [-0.05, 0) is 0 Å². The van der Waals surface area contributed by atoms with Gasteiger partial charge in [0.15, 0.2) is 0 Å². The molecule has 0 spiro atoms. The van der Waals surface area contributed by atoms with Gasteiger partial charge in [0.2, 0.25) is 0 Å².